The van der Waals surface area contributed by atoms with Gasteiger partial charge in [-0.2, -0.15) is 0 Å². The third-order valence-corrected chi connectivity index (χ3v) is 3.26. The molecule has 4 heteroatoms. The number of aliphatic hydroxyl groups excluding tert-OH is 2. The Morgan fingerprint density at radius 2 is 1.57 bits per heavy atom. The topological polar surface area (TPSA) is 60.8 Å². The number of carbonyl (C=O) groups is 1. The van der Waals surface area contributed by atoms with Crippen LogP contribution in [-0.2, 0) is 13.2 Å². The summed E-state index contributed by atoms with van der Waals surface area (Å²) in [6.07, 6.45) is 0. The monoisotopic (exact) mass is 285 g/mol. The van der Waals surface area contributed by atoms with Crippen LogP contribution >= 0.6 is 0 Å². The standard InChI is InChI=1S/C17H19NO3/c19-11-10-18(12-14-4-2-1-3-5-14)17(21)16-8-6-15(13-20)7-9-16/h1-9,19-20H,10-13H2. The van der Waals surface area contributed by atoms with Gasteiger partial charge in [-0.3, -0.25) is 4.79 Å². The molecule has 0 spiro atoms. The Morgan fingerprint density at radius 3 is 2.14 bits per heavy atom. The minimum Gasteiger partial charge on any atom is -0.395 e. The van der Waals surface area contributed by atoms with Gasteiger partial charge in [0.25, 0.3) is 5.91 Å². The number of rotatable bonds is 6. The Kier molecular flexibility index (Phi) is 5.49. The van der Waals surface area contributed by atoms with Gasteiger partial charge in [-0.15, -0.1) is 0 Å². The molecule has 0 unspecified atom stereocenters. The summed E-state index contributed by atoms with van der Waals surface area (Å²) >= 11 is 0. The first-order valence-corrected chi connectivity index (χ1v) is 6.88. The van der Waals surface area contributed by atoms with E-state index in [0.29, 0.717) is 12.1 Å². The summed E-state index contributed by atoms with van der Waals surface area (Å²) in [5.74, 6) is -0.127. The van der Waals surface area contributed by atoms with Crippen molar-refractivity contribution in [2.75, 3.05) is 13.2 Å². The molecule has 4 nitrogen and oxygen atoms in total. The fraction of sp³-hybridized carbons (Fsp3) is 0.235. The predicted octanol–water partition coefficient (Wildman–Crippen LogP) is 1.81. The van der Waals surface area contributed by atoms with E-state index in [1.807, 2.05) is 30.3 Å². The number of nitrogens with zero attached hydrogens (tertiary/aromatic N) is 1. The largest absolute Gasteiger partial charge is 0.395 e. The van der Waals surface area contributed by atoms with Crippen LogP contribution in [0.25, 0.3) is 0 Å². The van der Waals surface area contributed by atoms with Crippen LogP contribution in [0.2, 0.25) is 0 Å². The molecule has 0 heterocycles. The first-order chi connectivity index (χ1) is 10.2. The minimum atomic E-state index is -0.127. The zero-order chi connectivity index (χ0) is 15.1. The van der Waals surface area contributed by atoms with Gasteiger partial charge in [0.2, 0.25) is 0 Å². The van der Waals surface area contributed by atoms with Gasteiger partial charge < -0.3 is 15.1 Å². The summed E-state index contributed by atoms with van der Waals surface area (Å²) in [7, 11) is 0. The maximum Gasteiger partial charge on any atom is 0.254 e. The maximum atomic E-state index is 12.5. The first-order valence-electron chi connectivity index (χ1n) is 6.88. The smallest absolute Gasteiger partial charge is 0.254 e. The molecule has 2 aromatic rings. The highest BCUT2D eigenvalue weighted by Gasteiger charge is 2.15. The summed E-state index contributed by atoms with van der Waals surface area (Å²) in [6, 6.07) is 16.5. The van der Waals surface area contributed by atoms with Crippen molar-refractivity contribution in [3.8, 4) is 0 Å². The molecule has 1 amide bonds. The third kappa shape index (κ3) is 4.15. The first kappa shape index (κ1) is 15.2. The maximum absolute atomic E-state index is 12.5. The van der Waals surface area contributed by atoms with Gasteiger partial charge >= 0.3 is 0 Å². The Morgan fingerprint density at radius 1 is 0.905 bits per heavy atom. The number of carbonyl (C=O) groups excluding carboxylic acids is 1. The molecule has 0 atom stereocenters. The van der Waals surface area contributed by atoms with Gasteiger partial charge in [0.05, 0.1) is 13.2 Å². The fourth-order valence-electron chi connectivity index (χ4n) is 2.11. The van der Waals surface area contributed by atoms with E-state index in [9.17, 15) is 4.79 Å². The Labute approximate surface area is 124 Å². The van der Waals surface area contributed by atoms with Crippen LogP contribution in [0.5, 0.6) is 0 Å². The number of benzene rings is 2. The Bertz CT molecular complexity index is 566. The van der Waals surface area contributed by atoms with Crippen LogP contribution in [0.3, 0.4) is 0 Å². The highest BCUT2D eigenvalue weighted by molar-refractivity contribution is 5.94. The second-order valence-electron chi connectivity index (χ2n) is 4.79. The van der Waals surface area contributed by atoms with Crippen LogP contribution < -0.4 is 0 Å². The van der Waals surface area contributed by atoms with Gasteiger partial charge in [-0.1, -0.05) is 42.5 Å². The van der Waals surface area contributed by atoms with Crippen molar-refractivity contribution in [1.82, 2.24) is 4.90 Å². The van der Waals surface area contributed by atoms with E-state index in [-0.39, 0.29) is 25.7 Å². The van der Waals surface area contributed by atoms with Gasteiger partial charge in [0.15, 0.2) is 0 Å². The van der Waals surface area contributed by atoms with Gasteiger partial charge in [-0.05, 0) is 23.3 Å². The lowest BCUT2D eigenvalue weighted by atomic mass is 10.1. The molecule has 2 aromatic carbocycles. The summed E-state index contributed by atoms with van der Waals surface area (Å²) in [6.45, 7) is 0.629. The number of amides is 1. The SMILES string of the molecule is O=C(c1ccc(CO)cc1)N(CCO)Cc1ccccc1. The Hall–Kier alpha value is -2.17. The van der Waals surface area contributed by atoms with Crippen LogP contribution in [-0.4, -0.2) is 34.2 Å². The van der Waals surface area contributed by atoms with E-state index in [1.54, 1.807) is 29.2 Å². The van der Waals surface area contributed by atoms with Gasteiger partial charge in [0, 0.05) is 18.7 Å². The molecule has 110 valence electrons. The summed E-state index contributed by atoms with van der Waals surface area (Å²) in [4.78, 5) is 14.1. The van der Waals surface area contributed by atoms with Crippen molar-refractivity contribution >= 4 is 5.91 Å². The number of aliphatic hydroxyl groups is 2. The minimum absolute atomic E-state index is 0.0428. The molecule has 0 aromatic heterocycles. The van der Waals surface area contributed by atoms with E-state index < -0.39 is 0 Å². The molecule has 0 saturated heterocycles. The highest BCUT2D eigenvalue weighted by atomic mass is 16.3. The molecular weight excluding hydrogens is 266 g/mol. The lowest BCUT2D eigenvalue weighted by Gasteiger charge is -2.22. The van der Waals surface area contributed by atoms with E-state index in [2.05, 4.69) is 0 Å². The zero-order valence-electron chi connectivity index (χ0n) is 11.8. The van der Waals surface area contributed by atoms with Crippen molar-refractivity contribution < 1.29 is 15.0 Å². The van der Waals surface area contributed by atoms with E-state index in [1.165, 1.54) is 0 Å². The van der Waals surface area contributed by atoms with Crippen LogP contribution in [0.4, 0.5) is 0 Å². The molecule has 0 aliphatic carbocycles. The van der Waals surface area contributed by atoms with Crippen molar-refractivity contribution in [3.63, 3.8) is 0 Å². The normalized spacial score (nSPS) is 10.4. The van der Waals surface area contributed by atoms with Crippen molar-refractivity contribution in [1.29, 1.82) is 0 Å². The van der Waals surface area contributed by atoms with E-state index in [0.717, 1.165) is 11.1 Å². The van der Waals surface area contributed by atoms with Crippen molar-refractivity contribution in [2.45, 2.75) is 13.2 Å². The van der Waals surface area contributed by atoms with E-state index in [4.69, 9.17) is 10.2 Å². The molecule has 2 N–H and O–H groups in total. The average Bonchev–Trinajstić information content (AvgIpc) is 2.55. The van der Waals surface area contributed by atoms with Gasteiger partial charge in [-0.25, -0.2) is 0 Å². The molecule has 0 aliphatic rings. The highest BCUT2D eigenvalue weighted by Crippen LogP contribution is 2.11. The van der Waals surface area contributed by atoms with Crippen LogP contribution in [0, 0.1) is 0 Å². The fourth-order valence-corrected chi connectivity index (χ4v) is 2.11. The molecule has 21 heavy (non-hydrogen) atoms. The molecular formula is C17H19NO3. The molecule has 0 aliphatic heterocycles. The van der Waals surface area contributed by atoms with Crippen molar-refractivity contribution in [3.05, 3.63) is 71.3 Å². The Balaban J connectivity index is 2.14. The molecule has 2 rings (SSSR count). The molecule has 0 fully saturated rings. The molecule has 0 saturated carbocycles. The summed E-state index contributed by atoms with van der Waals surface area (Å²) in [5.41, 5.74) is 2.34. The zero-order valence-corrected chi connectivity index (χ0v) is 11.8. The summed E-state index contributed by atoms with van der Waals surface area (Å²) in [5, 5.41) is 18.2. The van der Waals surface area contributed by atoms with Gasteiger partial charge in [0.1, 0.15) is 0 Å². The number of hydrogen-bond acceptors (Lipinski definition) is 3. The second-order valence-corrected chi connectivity index (χ2v) is 4.79. The van der Waals surface area contributed by atoms with Crippen molar-refractivity contribution in [2.24, 2.45) is 0 Å². The second kappa shape index (κ2) is 7.57. The average molecular weight is 285 g/mol. The summed E-state index contributed by atoms with van der Waals surface area (Å²) < 4.78 is 0. The lowest BCUT2D eigenvalue weighted by molar-refractivity contribution is 0.0708. The molecule has 0 radical (unpaired) electrons. The molecule has 0 bridgehead atoms. The van der Waals surface area contributed by atoms with E-state index >= 15 is 0 Å². The lowest BCUT2D eigenvalue weighted by Crippen LogP contribution is -2.33. The van der Waals surface area contributed by atoms with Crippen LogP contribution in [0.1, 0.15) is 21.5 Å². The predicted molar refractivity (Wildman–Crippen MR) is 80.6 cm³/mol. The third-order valence-electron chi connectivity index (χ3n) is 3.26. The number of hydrogen-bond donors (Lipinski definition) is 2. The van der Waals surface area contributed by atoms with Crippen LogP contribution in [0.15, 0.2) is 54.6 Å². The quantitative estimate of drug-likeness (QED) is 0.851.